The van der Waals surface area contributed by atoms with Gasteiger partial charge < -0.3 is 15.2 Å². The number of carboxylic acid groups (broad SMARTS) is 1. The molecule has 0 heterocycles. The molecule has 0 saturated heterocycles. The molecule has 1 aromatic rings. The number of carbonyl (C=O) groups is 2. The Morgan fingerprint density at radius 2 is 2.00 bits per heavy atom. The highest BCUT2D eigenvalue weighted by molar-refractivity contribution is 7.99. The highest BCUT2D eigenvalue weighted by Gasteiger charge is 2.02. The Labute approximate surface area is 122 Å². The highest BCUT2D eigenvalue weighted by atomic mass is 32.2. The molecule has 0 unspecified atom stereocenters. The van der Waals surface area contributed by atoms with Crippen LogP contribution in [0.5, 0.6) is 0 Å². The minimum absolute atomic E-state index is 0.0381. The maximum atomic E-state index is 11.4. The van der Waals surface area contributed by atoms with Crippen LogP contribution in [0.2, 0.25) is 0 Å². The smallest absolute Gasteiger partial charge is 0.313 e. The molecule has 0 atom stereocenters. The van der Waals surface area contributed by atoms with Crippen molar-refractivity contribution in [1.82, 2.24) is 5.32 Å². The van der Waals surface area contributed by atoms with Gasteiger partial charge in [-0.2, -0.15) is 0 Å². The zero-order valence-corrected chi connectivity index (χ0v) is 12.0. The number of hydrogen-bond donors (Lipinski definition) is 2. The van der Waals surface area contributed by atoms with Gasteiger partial charge in [0.05, 0.1) is 12.4 Å². The molecule has 0 bridgehead atoms. The van der Waals surface area contributed by atoms with Gasteiger partial charge in [0.15, 0.2) is 0 Å². The Morgan fingerprint density at radius 1 is 1.25 bits per heavy atom. The number of nitrogens with one attached hydrogen (secondary N) is 1. The normalized spacial score (nSPS) is 10.2. The molecule has 0 aliphatic heterocycles. The van der Waals surface area contributed by atoms with Crippen molar-refractivity contribution >= 4 is 23.6 Å². The van der Waals surface area contributed by atoms with E-state index in [0.29, 0.717) is 18.9 Å². The van der Waals surface area contributed by atoms with Gasteiger partial charge in [-0.05, 0) is 12.0 Å². The first-order valence-electron chi connectivity index (χ1n) is 6.36. The lowest BCUT2D eigenvalue weighted by Crippen LogP contribution is -2.30. The predicted octanol–water partition coefficient (Wildman–Crippen LogP) is 1.18. The minimum atomic E-state index is -0.842. The summed E-state index contributed by atoms with van der Waals surface area (Å²) in [5.74, 6) is -0.370. The number of amides is 1. The zero-order valence-electron chi connectivity index (χ0n) is 11.2. The summed E-state index contributed by atoms with van der Waals surface area (Å²) in [4.78, 5) is 21.6. The molecule has 0 fully saturated rings. The van der Waals surface area contributed by atoms with E-state index in [1.165, 1.54) is 17.3 Å². The lowest BCUT2D eigenvalue weighted by molar-refractivity contribution is -0.134. The Balaban J connectivity index is 1.96. The Hall–Kier alpha value is -1.53. The topological polar surface area (TPSA) is 75.6 Å². The zero-order chi connectivity index (χ0) is 14.6. The molecule has 0 radical (unpaired) electrons. The van der Waals surface area contributed by atoms with Gasteiger partial charge in [-0.3, -0.25) is 9.59 Å². The largest absolute Gasteiger partial charge is 0.481 e. The molecule has 0 spiro atoms. The summed E-state index contributed by atoms with van der Waals surface area (Å²) in [5, 5.41) is 11.1. The Kier molecular flexibility index (Phi) is 8.49. The van der Waals surface area contributed by atoms with Crippen LogP contribution < -0.4 is 5.32 Å². The van der Waals surface area contributed by atoms with Gasteiger partial charge in [0.2, 0.25) is 5.91 Å². The van der Waals surface area contributed by atoms with Crippen LogP contribution in [0.1, 0.15) is 5.56 Å². The van der Waals surface area contributed by atoms with Crippen molar-refractivity contribution in [3.8, 4) is 0 Å². The number of benzene rings is 1. The van der Waals surface area contributed by atoms with Crippen molar-refractivity contribution in [2.45, 2.75) is 6.42 Å². The van der Waals surface area contributed by atoms with Crippen molar-refractivity contribution in [1.29, 1.82) is 0 Å². The monoisotopic (exact) mass is 297 g/mol. The van der Waals surface area contributed by atoms with Gasteiger partial charge in [0.1, 0.15) is 6.61 Å². The average molecular weight is 297 g/mol. The van der Waals surface area contributed by atoms with E-state index in [9.17, 15) is 9.59 Å². The van der Waals surface area contributed by atoms with E-state index >= 15 is 0 Å². The van der Waals surface area contributed by atoms with E-state index in [0.717, 1.165) is 6.42 Å². The lowest BCUT2D eigenvalue weighted by atomic mass is 10.2. The molecule has 1 amide bonds. The molecule has 1 aromatic carbocycles. The SMILES string of the molecule is O=C(O)CSCCNC(=O)COCCc1ccccc1. The third-order valence-electron chi connectivity index (χ3n) is 2.41. The Bertz CT molecular complexity index is 411. The summed E-state index contributed by atoms with van der Waals surface area (Å²) in [6.07, 6.45) is 0.780. The maximum absolute atomic E-state index is 11.4. The molecule has 0 aliphatic rings. The van der Waals surface area contributed by atoms with Gasteiger partial charge in [0.25, 0.3) is 0 Å². The van der Waals surface area contributed by atoms with Crippen LogP contribution in [0, 0.1) is 0 Å². The van der Waals surface area contributed by atoms with Gasteiger partial charge in [-0.25, -0.2) is 0 Å². The van der Waals surface area contributed by atoms with Crippen LogP contribution in [0.25, 0.3) is 0 Å². The number of aliphatic carboxylic acids is 1. The van der Waals surface area contributed by atoms with Crippen LogP contribution in [-0.4, -0.2) is 48.2 Å². The second-order valence-electron chi connectivity index (χ2n) is 4.08. The number of thioether (sulfide) groups is 1. The number of ether oxygens (including phenoxy) is 1. The van der Waals surface area contributed by atoms with Crippen molar-refractivity contribution < 1.29 is 19.4 Å². The summed E-state index contributed by atoms with van der Waals surface area (Å²) in [6, 6.07) is 9.93. The first kappa shape index (κ1) is 16.5. The van der Waals surface area contributed by atoms with Crippen molar-refractivity contribution in [3.05, 3.63) is 35.9 Å². The standard InChI is InChI=1S/C14H19NO4S/c16-13(15-7-9-20-11-14(17)18)10-19-8-6-12-4-2-1-3-5-12/h1-5H,6-11H2,(H,15,16)(H,17,18). The van der Waals surface area contributed by atoms with Gasteiger partial charge in [-0.15, -0.1) is 11.8 Å². The summed E-state index contributed by atoms with van der Waals surface area (Å²) in [5.41, 5.74) is 1.18. The number of carbonyl (C=O) groups excluding carboxylic acids is 1. The molecule has 20 heavy (non-hydrogen) atoms. The molecule has 0 aliphatic carbocycles. The molecule has 0 saturated carbocycles. The third kappa shape index (κ3) is 8.55. The van der Waals surface area contributed by atoms with Crippen LogP contribution >= 0.6 is 11.8 Å². The van der Waals surface area contributed by atoms with E-state index in [1.807, 2.05) is 30.3 Å². The molecule has 6 heteroatoms. The quantitative estimate of drug-likeness (QED) is 0.634. The average Bonchev–Trinajstić information content (AvgIpc) is 2.44. The van der Waals surface area contributed by atoms with Crippen molar-refractivity contribution in [3.63, 3.8) is 0 Å². The van der Waals surface area contributed by atoms with Gasteiger partial charge in [0, 0.05) is 12.3 Å². The summed E-state index contributed by atoms with van der Waals surface area (Å²) in [7, 11) is 0. The molecule has 110 valence electrons. The maximum Gasteiger partial charge on any atom is 0.313 e. The van der Waals surface area contributed by atoms with Crippen LogP contribution in [0.4, 0.5) is 0 Å². The van der Waals surface area contributed by atoms with Crippen LogP contribution in [0.15, 0.2) is 30.3 Å². The molecule has 5 nitrogen and oxygen atoms in total. The predicted molar refractivity (Wildman–Crippen MR) is 78.9 cm³/mol. The summed E-state index contributed by atoms with van der Waals surface area (Å²) >= 11 is 1.27. The molecule has 1 rings (SSSR count). The molecule has 0 aromatic heterocycles. The van der Waals surface area contributed by atoms with Crippen LogP contribution in [-0.2, 0) is 20.7 Å². The molecular formula is C14H19NO4S. The summed E-state index contributed by atoms with van der Waals surface area (Å²) < 4.78 is 5.28. The highest BCUT2D eigenvalue weighted by Crippen LogP contribution is 1.99. The fourth-order valence-electron chi connectivity index (χ4n) is 1.47. The van der Waals surface area contributed by atoms with Crippen molar-refractivity contribution in [2.75, 3.05) is 31.3 Å². The second-order valence-corrected chi connectivity index (χ2v) is 5.19. The fraction of sp³-hybridized carbons (Fsp3) is 0.429. The lowest BCUT2D eigenvalue weighted by Gasteiger charge is -2.06. The number of rotatable bonds is 10. The van der Waals surface area contributed by atoms with E-state index < -0.39 is 5.97 Å². The Morgan fingerprint density at radius 3 is 2.70 bits per heavy atom. The number of hydrogen-bond acceptors (Lipinski definition) is 4. The molecular weight excluding hydrogens is 278 g/mol. The first-order chi connectivity index (χ1) is 9.68. The summed E-state index contributed by atoms with van der Waals surface area (Å²) in [6.45, 7) is 1.00. The minimum Gasteiger partial charge on any atom is -0.481 e. The van der Waals surface area contributed by atoms with E-state index in [2.05, 4.69) is 5.32 Å². The van der Waals surface area contributed by atoms with E-state index in [4.69, 9.17) is 9.84 Å². The van der Waals surface area contributed by atoms with Gasteiger partial charge >= 0.3 is 5.97 Å². The second kappa shape index (κ2) is 10.3. The van der Waals surface area contributed by atoms with Crippen LogP contribution in [0.3, 0.4) is 0 Å². The van der Waals surface area contributed by atoms with Gasteiger partial charge in [-0.1, -0.05) is 30.3 Å². The first-order valence-corrected chi connectivity index (χ1v) is 7.52. The molecule has 2 N–H and O–H groups in total. The number of carboxylic acids is 1. The fourth-order valence-corrected chi connectivity index (χ4v) is 2.04. The third-order valence-corrected chi connectivity index (χ3v) is 3.35. The van der Waals surface area contributed by atoms with E-state index in [-0.39, 0.29) is 18.3 Å². The van der Waals surface area contributed by atoms with E-state index in [1.54, 1.807) is 0 Å². The van der Waals surface area contributed by atoms with Crippen molar-refractivity contribution in [2.24, 2.45) is 0 Å².